The first-order valence-corrected chi connectivity index (χ1v) is 7.42. The van der Waals surface area contributed by atoms with Crippen molar-refractivity contribution >= 4 is 0 Å². The number of hydrogen-bond donors (Lipinski definition) is 1. The van der Waals surface area contributed by atoms with Crippen molar-refractivity contribution in [3.63, 3.8) is 0 Å². The van der Waals surface area contributed by atoms with Crippen molar-refractivity contribution in [2.75, 3.05) is 13.7 Å². The van der Waals surface area contributed by atoms with E-state index in [9.17, 15) is 8.78 Å². The number of ether oxygens (including phenoxy) is 1. The average Bonchev–Trinajstić information content (AvgIpc) is 2.48. The van der Waals surface area contributed by atoms with E-state index in [0.717, 1.165) is 31.4 Å². The normalized spacial score (nSPS) is 20.9. The van der Waals surface area contributed by atoms with Crippen LogP contribution in [0.3, 0.4) is 0 Å². The smallest absolute Gasteiger partial charge is 0.159 e. The molecular formula is C16H23F2NO. The van der Waals surface area contributed by atoms with Crippen LogP contribution in [0.5, 0.6) is 0 Å². The second-order valence-electron chi connectivity index (χ2n) is 5.50. The largest absolute Gasteiger partial charge is 0.378 e. The van der Waals surface area contributed by atoms with Gasteiger partial charge in [-0.2, -0.15) is 0 Å². The van der Waals surface area contributed by atoms with Crippen LogP contribution >= 0.6 is 0 Å². The standard InChI is InChI=1S/C16H23F2NO/c1-19-13(6-7-14-4-2-3-9-20-14)10-12-5-8-15(17)16(18)11-12/h5,8,11,13-14,19H,2-4,6-7,9-10H2,1H3. The van der Waals surface area contributed by atoms with E-state index in [1.807, 2.05) is 7.05 Å². The van der Waals surface area contributed by atoms with Gasteiger partial charge in [0.05, 0.1) is 6.10 Å². The molecule has 2 atom stereocenters. The third kappa shape index (κ3) is 4.53. The van der Waals surface area contributed by atoms with Crippen LogP contribution in [0, 0.1) is 11.6 Å². The Morgan fingerprint density at radius 3 is 2.80 bits per heavy atom. The predicted molar refractivity (Wildman–Crippen MR) is 75.7 cm³/mol. The SMILES string of the molecule is CNC(CCC1CCCCO1)Cc1ccc(F)c(F)c1. The van der Waals surface area contributed by atoms with E-state index in [-0.39, 0.29) is 6.04 Å². The van der Waals surface area contributed by atoms with E-state index in [2.05, 4.69) is 5.32 Å². The van der Waals surface area contributed by atoms with Crippen LogP contribution in [-0.4, -0.2) is 25.8 Å². The molecule has 1 aromatic rings. The molecule has 112 valence electrons. The fourth-order valence-electron chi connectivity index (χ4n) is 2.72. The molecule has 1 aromatic carbocycles. The van der Waals surface area contributed by atoms with Crippen LogP contribution < -0.4 is 5.32 Å². The zero-order chi connectivity index (χ0) is 14.4. The molecule has 1 saturated heterocycles. The van der Waals surface area contributed by atoms with Gasteiger partial charge in [0.2, 0.25) is 0 Å². The van der Waals surface area contributed by atoms with Gasteiger partial charge in [-0.05, 0) is 63.3 Å². The third-order valence-corrected chi connectivity index (χ3v) is 3.99. The molecule has 0 radical (unpaired) electrons. The lowest BCUT2D eigenvalue weighted by Crippen LogP contribution is -2.30. The average molecular weight is 283 g/mol. The van der Waals surface area contributed by atoms with E-state index < -0.39 is 11.6 Å². The highest BCUT2D eigenvalue weighted by molar-refractivity contribution is 5.18. The minimum Gasteiger partial charge on any atom is -0.378 e. The quantitative estimate of drug-likeness (QED) is 0.863. The van der Waals surface area contributed by atoms with Gasteiger partial charge >= 0.3 is 0 Å². The number of benzene rings is 1. The van der Waals surface area contributed by atoms with E-state index in [0.29, 0.717) is 12.5 Å². The lowest BCUT2D eigenvalue weighted by atomic mass is 9.97. The molecule has 1 aliphatic heterocycles. The topological polar surface area (TPSA) is 21.3 Å². The van der Waals surface area contributed by atoms with Gasteiger partial charge < -0.3 is 10.1 Å². The summed E-state index contributed by atoms with van der Waals surface area (Å²) in [7, 11) is 1.91. The number of rotatable bonds is 6. The van der Waals surface area contributed by atoms with Gasteiger partial charge in [0.25, 0.3) is 0 Å². The summed E-state index contributed by atoms with van der Waals surface area (Å²) in [5.74, 6) is -1.56. The van der Waals surface area contributed by atoms with Gasteiger partial charge in [0, 0.05) is 12.6 Å². The fourth-order valence-corrected chi connectivity index (χ4v) is 2.72. The molecular weight excluding hydrogens is 260 g/mol. The van der Waals surface area contributed by atoms with Crippen molar-refractivity contribution < 1.29 is 13.5 Å². The zero-order valence-electron chi connectivity index (χ0n) is 12.0. The van der Waals surface area contributed by atoms with Crippen molar-refractivity contribution in [2.45, 2.75) is 50.7 Å². The summed E-state index contributed by atoms with van der Waals surface area (Å²) in [6.07, 6.45) is 6.64. The maximum Gasteiger partial charge on any atom is 0.159 e. The van der Waals surface area contributed by atoms with Crippen molar-refractivity contribution in [1.82, 2.24) is 5.32 Å². The Bertz CT molecular complexity index is 419. The highest BCUT2D eigenvalue weighted by Gasteiger charge is 2.16. The third-order valence-electron chi connectivity index (χ3n) is 3.99. The summed E-state index contributed by atoms with van der Waals surface area (Å²) in [6, 6.07) is 4.41. The lowest BCUT2D eigenvalue weighted by molar-refractivity contribution is 0.00870. The zero-order valence-corrected chi connectivity index (χ0v) is 12.0. The van der Waals surface area contributed by atoms with Crippen molar-refractivity contribution in [3.05, 3.63) is 35.4 Å². The first-order valence-electron chi connectivity index (χ1n) is 7.42. The summed E-state index contributed by atoms with van der Waals surface area (Å²) in [5, 5.41) is 3.25. The van der Waals surface area contributed by atoms with Crippen LogP contribution in [0.2, 0.25) is 0 Å². The monoisotopic (exact) mass is 283 g/mol. The maximum absolute atomic E-state index is 13.2. The number of nitrogens with one attached hydrogen (secondary N) is 1. The highest BCUT2D eigenvalue weighted by atomic mass is 19.2. The Hall–Kier alpha value is -1.00. The lowest BCUT2D eigenvalue weighted by Gasteiger charge is -2.25. The van der Waals surface area contributed by atoms with Crippen LogP contribution in [0.4, 0.5) is 8.78 Å². The number of likely N-dealkylation sites (N-methyl/N-ethyl adjacent to an activating group) is 1. The first-order chi connectivity index (χ1) is 9.69. The second kappa shape index (κ2) is 7.70. The van der Waals surface area contributed by atoms with Crippen molar-refractivity contribution in [3.8, 4) is 0 Å². The van der Waals surface area contributed by atoms with E-state index in [1.54, 1.807) is 6.07 Å². The van der Waals surface area contributed by atoms with E-state index in [1.165, 1.54) is 25.0 Å². The Morgan fingerprint density at radius 1 is 1.30 bits per heavy atom. The summed E-state index contributed by atoms with van der Waals surface area (Å²) < 4.78 is 31.8. The van der Waals surface area contributed by atoms with Gasteiger partial charge in [0.15, 0.2) is 11.6 Å². The van der Waals surface area contributed by atoms with Crippen LogP contribution in [0.1, 0.15) is 37.7 Å². The van der Waals surface area contributed by atoms with Gasteiger partial charge in [-0.1, -0.05) is 6.07 Å². The predicted octanol–water partition coefficient (Wildman–Crippen LogP) is 3.44. The summed E-state index contributed by atoms with van der Waals surface area (Å²) in [5.41, 5.74) is 0.827. The van der Waals surface area contributed by atoms with Crippen molar-refractivity contribution in [2.24, 2.45) is 0 Å². The molecule has 1 heterocycles. The van der Waals surface area contributed by atoms with E-state index >= 15 is 0 Å². The van der Waals surface area contributed by atoms with Gasteiger partial charge in [-0.15, -0.1) is 0 Å². The highest BCUT2D eigenvalue weighted by Crippen LogP contribution is 2.19. The molecule has 0 amide bonds. The summed E-state index contributed by atoms with van der Waals surface area (Å²) in [6.45, 7) is 0.873. The molecule has 20 heavy (non-hydrogen) atoms. The molecule has 0 bridgehead atoms. The molecule has 2 unspecified atom stereocenters. The van der Waals surface area contributed by atoms with Crippen LogP contribution in [-0.2, 0) is 11.2 Å². The molecule has 0 aliphatic carbocycles. The minimum atomic E-state index is -0.787. The molecule has 0 spiro atoms. The molecule has 2 rings (SSSR count). The van der Waals surface area contributed by atoms with Gasteiger partial charge in [-0.25, -0.2) is 8.78 Å². The number of hydrogen-bond acceptors (Lipinski definition) is 2. The Morgan fingerprint density at radius 2 is 2.15 bits per heavy atom. The fraction of sp³-hybridized carbons (Fsp3) is 0.625. The molecule has 1 N–H and O–H groups in total. The minimum absolute atomic E-state index is 0.269. The van der Waals surface area contributed by atoms with Gasteiger partial charge in [-0.3, -0.25) is 0 Å². The van der Waals surface area contributed by atoms with E-state index in [4.69, 9.17) is 4.74 Å². The summed E-state index contributed by atoms with van der Waals surface area (Å²) in [4.78, 5) is 0. The first kappa shape index (κ1) is 15.4. The Kier molecular flexibility index (Phi) is 5.92. The molecule has 1 aliphatic rings. The molecule has 1 fully saturated rings. The number of halogens is 2. The van der Waals surface area contributed by atoms with Crippen molar-refractivity contribution in [1.29, 1.82) is 0 Å². The Balaban J connectivity index is 1.83. The molecule has 0 saturated carbocycles. The maximum atomic E-state index is 13.2. The second-order valence-corrected chi connectivity index (χ2v) is 5.50. The molecule has 2 nitrogen and oxygen atoms in total. The van der Waals surface area contributed by atoms with Crippen LogP contribution in [0.15, 0.2) is 18.2 Å². The Labute approximate surface area is 119 Å². The van der Waals surface area contributed by atoms with Crippen LogP contribution in [0.25, 0.3) is 0 Å². The summed E-state index contributed by atoms with van der Waals surface area (Å²) >= 11 is 0. The molecule has 4 heteroatoms. The van der Waals surface area contributed by atoms with Gasteiger partial charge in [0.1, 0.15) is 0 Å². The molecule has 0 aromatic heterocycles.